The Hall–Kier alpha value is -3.57. The highest BCUT2D eigenvalue weighted by Crippen LogP contribution is 2.31. The van der Waals surface area contributed by atoms with E-state index >= 15 is 0 Å². The zero-order chi connectivity index (χ0) is 26.3. The number of halogens is 3. The first-order valence-electron chi connectivity index (χ1n) is 10.6. The second-order valence-electron chi connectivity index (χ2n) is 8.26. The predicted molar refractivity (Wildman–Crippen MR) is 131 cm³/mol. The Morgan fingerprint density at radius 3 is 2.39 bits per heavy atom. The fourth-order valence-electron chi connectivity index (χ4n) is 3.47. The number of rotatable bonds is 6. The molecule has 2 aromatic heterocycles. The van der Waals surface area contributed by atoms with Gasteiger partial charge in [-0.25, -0.2) is 37.1 Å². The average Bonchev–Trinajstić information content (AvgIpc) is 2.82. The molecule has 1 atom stereocenters. The first kappa shape index (κ1) is 25.5. The summed E-state index contributed by atoms with van der Waals surface area (Å²) in [5.74, 6) is -3.86. The van der Waals surface area contributed by atoms with Crippen LogP contribution < -0.4 is 5.32 Å². The molecule has 4 rings (SSSR count). The summed E-state index contributed by atoms with van der Waals surface area (Å²) in [7, 11) is -3.86. The normalized spacial score (nSPS) is 12.9. The molecule has 2 heterocycles. The number of hydrogen-bond acceptors (Lipinski definition) is 7. The number of alkyl halides is 2. The van der Waals surface area contributed by atoms with Gasteiger partial charge in [-0.05, 0) is 49.4 Å². The van der Waals surface area contributed by atoms with E-state index in [1.165, 1.54) is 12.4 Å². The lowest BCUT2D eigenvalue weighted by atomic mass is 10.0. The van der Waals surface area contributed by atoms with Crippen LogP contribution in [0.5, 0.6) is 0 Å². The lowest BCUT2D eigenvalue weighted by Crippen LogP contribution is -2.28. The third-order valence-electron chi connectivity index (χ3n) is 5.29. The summed E-state index contributed by atoms with van der Waals surface area (Å²) >= 11 is 6.10. The molecule has 0 spiro atoms. The Labute approximate surface area is 210 Å². The van der Waals surface area contributed by atoms with Crippen molar-refractivity contribution in [1.82, 2.24) is 25.3 Å². The van der Waals surface area contributed by atoms with E-state index in [2.05, 4.69) is 25.3 Å². The van der Waals surface area contributed by atoms with E-state index in [0.29, 0.717) is 34.4 Å². The molecule has 1 unspecified atom stereocenters. The van der Waals surface area contributed by atoms with Gasteiger partial charge in [0.05, 0.1) is 27.7 Å². The molecule has 0 radical (unpaired) electrons. The molecule has 0 fully saturated rings. The van der Waals surface area contributed by atoms with Gasteiger partial charge in [0.25, 0.3) is 11.8 Å². The van der Waals surface area contributed by atoms with Crippen LogP contribution in [0.15, 0.2) is 59.8 Å². The van der Waals surface area contributed by atoms with Crippen LogP contribution in [0.2, 0.25) is 5.02 Å². The first-order chi connectivity index (χ1) is 16.8. The van der Waals surface area contributed by atoms with Crippen molar-refractivity contribution in [1.29, 1.82) is 0 Å². The second kappa shape index (κ2) is 9.47. The largest absolute Gasteiger partial charge is 0.344 e. The van der Waals surface area contributed by atoms with E-state index in [9.17, 15) is 22.0 Å². The lowest BCUT2D eigenvalue weighted by Gasteiger charge is -2.18. The standard InChI is InChI=1S/C24H20ClF2N5O3S/c1-13(30-23(33)14-9-15(24(2,26)27)11-17(10-14)36(3,34)35)20-21(22-28-7-4-8-29-22)31-18-6-5-16(25)12-19(18)32-20/h4-13H,1-3H3,(H,30,33). The maximum atomic E-state index is 14.0. The second-order valence-corrected chi connectivity index (χ2v) is 10.7. The van der Waals surface area contributed by atoms with Crippen molar-refractivity contribution in [2.24, 2.45) is 0 Å². The molecule has 0 aliphatic rings. The highest BCUT2D eigenvalue weighted by molar-refractivity contribution is 7.90. The summed E-state index contributed by atoms with van der Waals surface area (Å²) in [4.78, 5) is 30.4. The number of nitrogens with one attached hydrogen (secondary N) is 1. The maximum Gasteiger partial charge on any atom is 0.270 e. The maximum absolute atomic E-state index is 14.0. The lowest BCUT2D eigenvalue weighted by molar-refractivity contribution is 0.0172. The Morgan fingerprint density at radius 1 is 1.06 bits per heavy atom. The zero-order valence-corrected chi connectivity index (χ0v) is 20.9. The van der Waals surface area contributed by atoms with Gasteiger partial charge < -0.3 is 5.32 Å². The molecule has 0 bridgehead atoms. The number of carbonyl (C=O) groups excluding carboxylic acids is 1. The van der Waals surface area contributed by atoms with Crippen molar-refractivity contribution in [2.75, 3.05) is 6.26 Å². The van der Waals surface area contributed by atoms with Gasteiger partial charge in [0, 0.05) is 41.7 Å². The quantitative estimate of drug-likeness (QED) is 0.382. The van der Waals surface area contributed by atoms with Gasteiger partial charge in [0.1, 0.15) is 5.69 Å². The molecule has 36 heavy (non-hydrogen) atoms. The number of fused-ring (bicyclic) bond motifs is 1. The SMILES string of the molecule is CC(NC(=O)c1cc(C(C)(F)F)cc(S(C)(=O)=O)c1)c1nc2cc(Cl)ccc2nc1-c1ncccn1. The molecule has 0 saturated carbocycles. The van der Waals surface area contributed by atoms with Gasteiger partial charge in [-0.2, -0.15) is 0 Å². The molecular formula is C24H20ClF2N5O3S. The van der Waals surface area contributed by atoms with Crippen molar-refractivity contribution in [2.45, 2.75) is 30.7 Å². The Balaban J connectivity index is 1.78. The molecular weight excluding hydrogens is 512 g/mol. The van der Waals surface area contributed by atoms with Gasteiger partial charge in [-0.3, -0.25) is 4.79 Å². The van der Waals surface area contributed by atoms with E-state index < -0.39 is 38.2 Å². The topological polar surface area (TPSA) is 115 Å². The number of amides is 1. The molecule has 8 nitrogen and oxygen atoms in total. The minimum atomic E-state index is -3.86. The number of carbonyl (C=O) groups is 1. The van der Waals surface area contributed by atoms with Gasteiger partial charge in [0.2, 0.25) is 0 Å². The molecule has 1 N–H and O–H groups in total. The van der Waals surface area contributed by atoms with Crippen LogP contribution in [0.3, 0.4) is 0 Å². The summed E-state index contributed by atoms with van der Waals surface area (Å²) in [6.07, 6.45) is 3.95. The van der Waals surface area contributed by atoms with Crippen molar-refractivity contribution in [3.05, 3.63) is 76.7 Å². The number of sulfone groups is 1. The Morgan fingerprint density at radius 2 is 1.75 bits per heavy atom. The third-order valence-corrected chi connectivity index (χ3v) is 6.62. The number of hydrogen-bond donors (Lipinski definition) is 1. The monoisotopic (exact) mass is 531 g/mol. The van der Waals surface area contributed by atoms with Gasteiger partial charge in [-0.15, -0.1) is 0 Å². The van der Waals surface area contributed by atoms with Crippen molar-refractivity contribution >= 4 is 38.4 Å². The molecule has 1 amide bonds. The Kier molecular flexibility index (Phi) is 6.72. The van der Waals surface area contributed by atoms with Crippen LogP contribution >= 0.6 is 11.6 Å². The van der Waals surface area contributed by atoms with E-state index in [4.69, 9.17) is 11.6 Å². The van der Waals surface area contributed by atoms with Gasteiger partial charge in [-0.1, -0.05) is 11.6 Å². The van der Waals surface area contributed by atoms with Crippen molar-refractivity contribution in [3.63, 3.8) is 0 Å². The van der Waals surface area contributed by atoms with E-state index in [0.717, 1.165) is 24.5 Å². The minimum Gasteiger partial charge on any atom is -0.344 e. The van der Waals surface area contributed by atoms with Crippen LogP contribution in [0, 0.1) is 0 Å². The van der Waals surface area contributed by atoms with Crippen LogP contribution in [0.4, 0.5) is 8.78 Å². The third kappa shape index (κ3) is 5.47. The molecule has 0 aliphatic carbocycles. The van der Waals surface area contributed by atoms with Gasteiger partial charge in [0.15, 0.2) is 15.7 Å². The average molecular weight is 532 g/mol. The number of benzene rings is 2. The molecule has 2 aromatic carbocycles. The van der Waals surface area contributed by atoms with Crippen LogP contribution in [-0.4, -0.2) is 40.5 Å². The first-order valence-corrected chi connectivity index (χ1v) is 12.9. The minimum absolute atomic E-state index is 0.240. The molecule has 0 aliphatic heterocycles. The van der Waals surface area contributed by atoms with Crippen molar-refractivity contribution < 1.29 is 22.0 Å². The Bertz CT molecular complexity index is 1580. The highest BCUT2D eigenvalue weighted by atomic mass is 35.5. The summed E-state index contributed by atoms with van der Waals surface area (Å²) in [5, 5.41) is 3.13. The summed E-state index contributed by atoms with van der Waals surface area (Å²) in [5.41, 5.74) is 0.774. The van der Waals surface area contributed by atoms with Crippen molar-refractivity contribution in [3.8, 4) is 11.5 Å². The zero-order valence-electron chi connectivity index (χ0n) is 19.3. The fraction of sp³-hybridized carbons (Fsp3) is 0.208. The molecule has 12 heteroatoms. The van der Waals surface area contributed by atoms with Crippen LogP contribution in [0.1, 0.15) is 41.5 Å². The highest BCUT2D eigenvalue weighted by Gasteiger charge is 2.28. The number of nitrogens with zero attached hydrogens (tertiary/aromatic N) is 4. The summed E-state index contributed by atoms with van der Waals surface area (Å²) < 4.78 is 52.2. The summed E-state index contributed by atoms with van der Waals surface area (Å²) in [6.45, 7) is 2.25. The van der Waals surface area contributed by atoms with E-state index in [-0.39, 0.29) is 11.4 Å². The number of aromatic nitrogens is 4. The fourth-order valence-corrected chi connectivity index (χ4v) is 4.32. The van der Waals surface area contributed by atoms with E-state index in [1.54, 1.807) is 31.2 Å². The van der Waals surface area contributed by atoms with E-state index in [1.807, 2.05) is 0 Å². The molecule has 0 saturated heterocycles. The predicted octanol–water partition coefficient (Wildman–Crippen LogP) is 4.75. The molecule has 186 valence electrons. The van der Waals surface area contributed by atoms with Crippen LogP contribution in [0.25, 0.3) is 22.6 Å². The summed E-state index contributed by atoms with van der Waals surface area (Å²) in [6, 6.07) is 8.69. The van der Waals surface area contributed by atoms with Crippen LogP contribution in [-0.2, 0) is 15.8 Å². The smallest absolute Gasteiger partial charge is 0.270 e. The van der Waals surface area contributed by atoms with Gasteiger partial charge >= 0.3 is 0 Å². The molecule has 4 aromatic rings.